The Labute approximate surface area is 105 Å². The highest BCUT2D eigenvalue weighted by molar-refractivity contribution is 6.30. The normalized spacial score (nSPS) is 12.7. The fourth-order valence-corrected chi connectivity index (χ4v) is 2.20. The molecule has 0 fully saturated rings. The summed E-state index contributed by atoms with van der Waals surface area (Å²) in [5.74, 6) is 5.62. The minimum absolute atomic E-state index is 0.0962. The summed E-state index contributed by atoms with van der Waals surface area (Å²) < 4.78 is 1.75. The molecule has 1 atom stereocenters. The van der Waals surface area contributed by atoms with Crippen LogP contribution in [-0.4, -0.2) is 9.78 Å². The predicted octanol–water partition coefficient (Wildman–Crippen LogP) is 1.93. The highest BCUT2D eigenvalue weighted by Crippen LogP contribution is 2.24. The van der Waals surface area contributed by atoms with Crippen LogP contribution in [0.15, 0.2) is 30.6 Å². The Kier molecular flexibility index (Phi) is 3.47. The molecule has 0 amide bonds. The van der Waals surface area contributed by atoms with Crippen molar-refractivity contribution >= 4 is 11.6 Å². The van der Waals surface area contributed by atoms with Gasteiger partial charge < -0.3 is 0 Å². The summed E-state index contributed by atoms with van der Waals surface area (Å²) in [5.41, 5.74) is 5.94. The summed E-state index contributed by atoms with van der Waals surface area (Å²) in [6.45, 7) is 2.01. The quantitative estimate of drug-likeness (QED) is 0.647. The third kappa shape index (κ3) is 2.66. The number of aryl methyl sites for hydroxylation is 2. The van der Waals surface area contributed by atoms with Gasteiger partial charge in [0.15, 0.2) is 0 Å². The Morgan fingerprint density at radius 2 is 2.12 bits per heavy atom. The molecule has 0 spiro atoms. The van der Waals surface area contributed by atoms with Gasteiger partial charge >= 0.3 is 0 Å². The van der Waals surface area contributed by atoms with Crippen LogP contribution in [0.2, 0.25) is 5.02 Å². The predicted molar refractivity (Wildman–Crippen MR) is 68.6 cm³/mol. The van der Waals surface area contributed by atoms with Crippen molar-refractivity contribution in [2.45, 2.75) is 13.0 Å². The van der Waals surface area contributed by atoms with Gasteiger partial charge in [0.2, 0.25) is 0 Å². The number of nitrogens with two attached hydrogens (primary N) is 1. The van der Waals surface area contributed by atoms with Crippen LogP contribution in [0.1, 0.15) is 22.7 Å². The summed E-state index contributed by atoms with van der Waals surface area (Å²) in [7, 11) is 1.88. The van der Waals surface area contributed by atoms with Gasteiger partial charge in [0, 0.05) is 23.8 Å². The van der Waals surface area contributed by atoms with Gasteiger partial charge in [-0.15, -0.1) is 0 Å². The van der Waals surface area contributed by atoms with Gasteiger partial charge in [0.1, 0.15) is 0 Å². The Morgan fingerprint density at radius 3 is 2.65 bits per heavy atom. The molecule has 0 aliphatic heterocycles. The molecule has 5 heteroatoms. The smallest absolute Gasteiger partial charge is 0.0741 e. The molecule has 1 unspecified atom stereocenters. The first-order valence-electron chi connectivity index (χ1n) is 5.32. The minimum Gasteiger partial charge on any atom is -0.275 e. The van der Waals surface area contributed by atoms with E-state index >= 15 is 0 Å². The standard InChI is InChI=1S/C12H15ClN4/c1-8-3-9(5-11(13)4-8)12(16-14)10-6-15-17(2)7-10/h3-7,12,16H,14H2,1-2H3. The molecule has 4 nitrogen and oxygen atoms in total. The number of benzene rings is 1. The van der Waals surface area contributed by atoms with Crippen molar-refractivity contribution in [1.82, 2.24) is 15.2 Å². The second kappa shape index (κ2) is 4.87. The zero-order chi connectivity index (χ0) is 12.4. The van der Waals surface area contributed by atoms with E-state index in [0.717, 1.165) is 16.7 Å². The van der Waals surface area contributed by atoms with Crippen LogP contribution in [0.5, 0.6) is 0 Å². The largest absolute Gasteiger partial charge is 0.275 e. The van der Waals surface area contributed by atoms with E-state index < -0.39 is 0 Å². The summed E-state index contributed by atoms with van der Waals surface area (Å²) in [6.07, 6.45) is 3.72. The maximum absolute atomic E-state index is 6.05. The molecule has 0 saturated carbocycles. The first kappa shape index (κ1) is 12.1. The van der Waals surface area contributed by atoms with Crippen LogP contribution in [0.25, 0.3) is 0 Å². The van der Waals surface area contributed by atoms with Crippen molar-refractivity contribution in [2.75, 3.05) is 0 Å². The zero-order valence-electron chi connectivity index (χ0n) is 9.81. The van der Waals surface area contributed by atoms with E-state index in [-0.39, 0.29) is 6.04 Å². The van der Waals surface area contributed by atoms with Crippen LogP contribution in [0, 0.1) is 6.92 Å². The van der Waals surface area contributed by atoms with Crippen molar-refractivity contribution in [2.24, 2.45) is 12.9 Å². The molecule has 17 heavy (non-hydrogen) atoms. The van der Waals surface area contributed by atoms with E-state index in [1.54, 1.807) is 10.9 Å². The lowest BCUT2D eigenvalue weighted by atomic mass is 10.0. The molecule has 90 valence electrons. The van der Waals surface area contributed by atoms with Crippen LogP contribution in [0.4, 0.5) is 0 Å². The molecule has 0 radical (unpaired) electrons. The first-order valence-corrected chi connectivity index (χ1v) is 5.69. The van der Waals surface area contributed by atoms with Crippen molar-refractivity contribution in [3.05, 3.63) is 52.3 Å². The summed E-state index contributed by atoms with van der Waals surface area (Å²) in [5, 5.41) is 4.86. The number of rotatable bonds is 3. The number of nitrogens with zero attached hydrogens (tertiary/aromatic N) is 2. The molecule has 0 saturated heterocycles. The summed E-state index contributed by atoms with van der Waals surface area (Å²) >= 11 is 6.05. The van der Waals surface area contributed by atoms with Gasteiger partial charge in [-0.25, -0.2) is 5.43 Å². The maximum atomic E-state index is 6.05. The molecule has 0 aliphatic rings. The number of hydrogen-bond donors (Lipinski definition) is 2. The molecule has 0 bridgehead atoms. The van der Waals surface area contributed by atoms with Crippen molar-refractivity contribution in [1.29, 1.82) is 0 Å². The molecule has 1 aromatic heterocycles. The highest BCUT2D eigenvalue weighted by Gasteiger charge is 2.14. The van der Waals surface area contributed by atoms with Gasteiger partial charge in [-0.1, -0.05) is 17.7 Å². The second-order valence-electron chi connectivity index (χ2n) is 4.11. The third-order valence-electron chi connectivity index (χ3n) is 2.62. The van der Waals surface area contributed by atoms with E-state index in [1.807, 2.05) is 32.3 Å². The summed E-state index contributed by atoms with van der Waals surface area (Å²) in [6, 6.07) is 5.79. The molecule has 1 heterocycles. The lowest BCUT2D eigenvalue weighted by Gasteiger charge is -2.15. The Hall–Kier alpha value is -1.36. The monoisotopic (exact) mass is 250 g/mol. The second-order valence-corrected chi connectivity index (χ2v) is 4.55. The van der Waals surface area contributed by atoms with Crippen LogP contribution >= 0.6 is 11.6 Å². The van der Waals surface area contributed by atoms with Crippen LogP contribution in [-0.2, 0) is 7.05 Å². The fraction of sp³-hybridized carbons (Fsp3) is 0.250. The van der Waals surface area contributed by atoms with Crippen LogP contribution < -0.4 is 11.3 Å². The molecule has 3 N–H and O–H groups in total. The number of nitrogens with one attached hydrogen (secondary N) is 1. The maximum Gasteiger partial charge on any atom is 0.0741 e. The molecule has 1 aromatic carbocycles. The van der Waals surface area contributed by atoms with Gasteiger partial charge in [-0.05, 0) is 30.2 Å². The van der Waals surface area contributed by atoms with Crippen molar-refractivity contribution < 1.29 is 0 Å². The zero-order valence-corrected chi connectivity index (χ0v) is 10.6. The van der Waals surface area contributed by atoms with Crippen LogP contribution in [0.3, 0.4) is 0 Å². The van der Waals surface area contributed by atoms with Gasteiger partial charge in [0.25, 0.3) is 0 Å². The fourth-order valence-electron chi connectivity index (χ4n) is 1.91. The summed E-state index contributed by atoms with van der Waals surface area (Å²) in [4.78, 5) is 0. The minimum atomic E-state index is -0.0962. The molecule has 0 aliphatic carbocycles. The van der Waals surface area contributed by atoms with Gasteiger partial charge in [0.05, 0.1) is 12.2 Å². The average Bonchev–Trinajstić information content (AvgIpc) is 2.64. The van der Waals surface area contributed by atoms with E-state index in [9.17, 15) is 0 Å². The van der Waals surface area contributed by atoms with Gasteiger partial charge in [-0.2, -0.15) is 5.10 Å². The third-order valence-corrected chi connectivity index (χ3v) is 2.84. The van der Waals surface area contributed by atoms with E-state index in [1.165, 1.54) is 0 Å². The molecule has 2 rings (SSSR count). The van der Waals surface area contributed by atoms with Crippen molar-refractivity contribution in [3.8, 4) is 0 Å². The van der Waals surface area contributed by atoms with Crippen molar-refractivity contribution in [3.63, 3.8) is 0 Å². The Bertz CT molecular complexity index is 501. The van der Waals surface area contributed by atoms with E-state index in [0.29, 0.717) is 5.02 Å². The average molecular weight is 251 g/mol. The molecular weight excluding hydrogens is 236 g/mol. The Morgan fingerprint density at radius 1 is 1.35 bits per heavy atom. The first-order chi connectivity index (χ1) is 8.10. The number of halogens is 1. The lowest BCUT2D eigenvalue weighted by molar-refractivity contribution is 0.635. The highest BCUT2D eigenvalue weighted by atomic mass is 35.5. The van der Waals surface area contributed by atoms with E-state index in [4.69, 9.17) is 17.4 Å². The SMILES string of the molecule is Cc1cc(Cl)cc(C(NN)c2cnn(C)c2)c1. The van der Waals surface area contributed by atoms with E-state index in [2.05, 4.69) is 16.6 Å². The number of hydrogen-bond acceptors (Lipinski definition) is 3. The lowest BCUT2D eigenvalue weighted by Crippen LogP contribution is -2.28. The van der Waals surface area contributed by atoms with Gasteiger partial charge in [-0.3, -0.25) is 10.5 Å². The number of hydrazine groups is 1. The molecular formula is C12H15ClN4. The Balaban J connectivity index is 2.41. The topological polar surface area (TPSA) is 55.9 Å². The molecule has 2 aromatic rings. The number of aromatic nitrogens is 2.